The Morgan fingerprint density at radius 3 is 2.47 bits per heavy atom. The summed E-state index contributed by atoms with van der Waals surface area (Å²) in [5.41, 5.74) is 6.42. The molecule has 3 N–H and O–H groups in total. The summed E-state index contributed by atoms with van der Waals surface area (Å²) in [4.78, 5) is 2.62. The van der Waals surface area contributed by atoms with E-state index in [2.05, 4.69) is 25.7 Å². The molecule has 1 aliphatic heterocycles. The average Bonchev–Trinajstić information content (AvgIpc) is 2.85. The van der Waals surface area contributed by atoms with E-state index >= 15 is 0 Å². The van der Waals surface area contributed by atoms with Crippen molar-refractivity contribution >= 4 is 0 Å². The first-order valence-electron chi connectivity index (χ1n) is 8.00. The molecule has 1 saturated carbocycles. The Morgan fingerprint density at radius 2 is 1.95 bits per heavy atom. The minimum Gasteiger partial charge on any atom is -0.396 e. The summed E-state index contributed by atoms with van der Waals surface area (Å²) >= 11 is 0. The maximum absolute atomic E-state index is 9.34. The fourth-order valence-corrected chi connectivity index (χ4v) is 4.03. The van der Waals surface area contributed by atoms with E-state index in [9.17, 15) is 5.11 Å². The van der Waals surface area contributed by atoms with Gasteiger partial charge in [-0.15, -0.1) is 0 Å². The molecule has 0 spiro atoms. The van der Waals surface area contributed by atoms with Crippen molar-refractivity contribution in [2.45, 2.75) is 52.5 Å². The van der Waals surface area contributed by atoms with Gasteiger partial charge in [-0.05, 0) is 61.9 Å². The van der Waals surface area contributed by atoms with Gasteiger partial charge in [0.1, 0.15) is 0 Å². The highest BCUT2D eigenvalue weighted by molar-refractivity contribution is 4.93. The number of hydrogen-bond acceptors (Lipinski definition) is 3. The fourth-order valence-electron chi connectivity index (χ4n) is 4.03. The van der Waals surface area contributed by atoms with Crippen molar-refractivity contribution in [2.75, 3.05) is 26.2 Å². The number of aliphatic hydroxyl groups is 1. The molecule has 2 fully saturated rings. The topological polar surface area (TPSA) is 49.5 Å². The molecule has 3 nitrogen and oxygen atoms in total. The largest absolute Gasteiger partial charge is 0.396 e. The Kier molecular flexibility index (Phi) is 4.91. The summed E-state index contributed by atoms with van der Waals surface area (Å²) in [6, 6.07) is 0.652. The summed E-state index contributed by atoms with van der Waals surface area (Å²) in [5.74, 6) is 1.97. The summed E-state index contributed by atoms with van der Waals surface area (Å²) < 4.78 is 0. The van der Waals surface area contributed by atoms with E-state index in [0.717, 1.165) is 32.0 Å². The molecule has 1 saturated heterocycles. The van der Waals surface area contributed by atoms with Gasteiger partial charge in [0.25, 0.3) is 0 Å². The normalized spacial score (nSPS) is 37.7. The number of nitrogens with two attached hydrogens (primary N) is 1. The lowest BCUT2D eigenvalue weighted by molar-refractivity contribution is 0.0544. The first-order valence-corrected chi connectivity index (χ1v) is 8.00. The van der Waals surface area contributed by atoms with Crippen molar-refractivity contribution in [3.8, 4) is 0 Å². The summed E-state index contributed by atoms with van der Waals surface area (Å²) in [5, 5.41) is 9.34. The van der Waals surface area contributed by atoms with E-state index < -0.39 is 0 Å². The zero-order chi connectivity index (χ0) is 14.0. The van der Waals surface area contributed by atoms with Crippen LogP contribution < -0.4 is 5.73 Å². The lowest BCUT2D eigenvalue weighted by atomic mass is 9.67. The van der Waals surface area contributed by atoms with E-state index in [4.69, 9.17) is 5.73 Å². The highest BCUT2D eigenvalue weighted by Crippen LogP contribution is 2.42. The third kappa shape index (κ3) is 3.50. The zero-order valence-electron chi connectivity index (χ0n) is 12.9. The van der Waals surface area contributed by atoms with E-state index in [0.29, 0.717) is 29.9 Å². The second-order valence-corrected chi connectivity index (χ2v) is 7.77. The molecule has 1 heterocycles. The summed E-state index contributed by atoms with van der Waals surface area (Å²) in [7, 11) is 0. The molecule has 1 aliphatic carbocycles. The van der Waals surface area contributed by atoms with E-state index in [-0.39, 0.29) is 0 Å². The molecule has 4 unspecified atom stereocenters. The van der Waals surface area contributed by atoms with Crippen LogP contribution in [-0.4, -0.2) is 42.3 Å². The predicted octanol–water partition coefficient (Wildman–Crippen LogP) is 2.09. The highest BCUT2D eigenvalue weighted by Gasteiger charge is 2.39. The molecular weight excluding hydrogens is 236 g/mol. The Bertz CT molecular complexity index is 287. The van der Waals surface area contributed by atoms with Crippen LogP contribution in [0.3, 0.4) is 0 Å². The molecule has 0 radical (unpaired) electrons. The van der Waals surface area contributed by atoms with Crippen LogP contribution in [0.1, 0.15) is 46.5 Å². The second-order valence-electron chi connectivity index (χ2n) is 7.77. The molecule has 0 amide bonds. The van der Waals surface area contributed by atoms with Gasteiger partial charge in [0, 0.05) is 19.2 Å². The van der Waals surface area contributed by atoms with E-state index in [1.54, 1.807) is 0 Å². The molecule has 0 aromatic heterocycles. The maximum atomic E-state index is 9.34. The molecular formula is C16H32N2O. The summed E-state index contributed by atoms with van der Waals surface area (Å²) in [6.45, 7) is 10.5. The van der Waals surface area contributed by atoms with Crippen molar-refractivity contribution in [1.29, 1.82) is 0 Å². The van der Waals surface area contributed by atoms with Gasteiger partial charge in [-0.2, -0.15) is 0 Å². The standard InChI is InChI=1S/C16H32N2O/c1-16(2,3)14-5-4-13(9-17)15(8-14)18-7-6-12(10-18)11-19/h12-15,19H,4-11,17H2,1-3H3. The van der Waals surface area contributed by atoms with Crippen LogP contribution in [0.2, 0.25) is 0 Å². The third-order valence-corrected chi connectivity index (χ3v) is 5.53. The molecule has 3 heteroatoms. The molecule has 0 aromatic carbocycles. The van der Waals surface area contributed by atoms with Crippen LogP contribution in [-0.2, 0) is 0 Å². The lowest BCUT2D eigenvalue weighted by Crippen LogP contribution is -2.47. The zero-order valence-corrected chi connectivity index (χ0v) is 12.9. The third-order valence-electron chi connectivity index (χ3n) is 5.53. The van der Waals surface area contributed by atoms with Crippen molar-refractivity contribution in [2.24, 2.45) is 28.9 Å². The molecule has 2 aliphatic rings. The maximum Gasteiger partial charge on any atom is 0.0471 e. The molecule has 4 atom stereocenters. The Balaban J connectivity index is 2.02. The van der Waals surface area contributed by atoms with Crippen molar-refractivity contribution in [3.05, 3.63) is 0 Å². The van der Waals surface area contributed by atoms with Crippen LogP contribution in [0.5, 0.6) is 0 Å². The average molecular weight is 268 g/mol. The van der Waals surface area contributed by atoms with Gasteiger partial charge < -0.3 is 10.8 Å². The first-order chi connectivity index (χ1) is 8.95. The summed E-state index contributed by atoms with van der Waals surface area (Å²) in [6.07, 6.45) is 5.07. The van der Waals surface area contributed by atoms with Crippen LogP contribution in [0.15, 0.2) is 0 Å². The van der Waals surface area contributed by atoms with Crippen molar-refractivity contribution < 1.29 is 5.11 Å². The van der Waals surface area contributed by atoms with Gasteiger partial charge in [0.2, 0.25) is 0 Å². The van der Waals surface area contributed by atoms with Crippen molar-refractivity contribution in [3.63, 3.8) is 0 Å². The number of rotatable bonds is 3. The lowest BCUT2D eigenvalue weighted by Gasteiger charge is -2.45. The SMILES string of the molecule is CC(C)(C)C1CCC(CN)C(N2CCC(CO)C2)C1. The van der Waals surface area contributed by atoms with Crippen LogP contribution in [0, 0.1) is 23.2 Å². The number of aliphatic hydroxyl groups excluding tert-OH is 1. The van der Waals surface area contributed by atoms with Gasteiger partial charge in [-0.1, -0.05) is 20.8 Å². The minimum absolute atomic E-state index is 0.346. The van der Waals surface area contributed by atoms with Gasteiger partial charge in [-0.25, -0.2) is 0 Å². The molecule has 0 bridgehead atoms. The van der Waals surface area contributed by atoms with Crippen molar-refractivity contribution in [1.82, 2.24) is 4.90 Å². The molecule has 0 aromatic rings. The quantitative estimate of drug-likeness (QED) is 0.824. The fraction of sp³-hybridized carbons (Fsp3) is 1.00. The van der Waals surface area contributed by atoms with Gasteiger partial charge in [0.05, 0.1) is 0 Å². The van der Waals surface area contributed by atoms with Gasteiger partial charge in [0.15, 0.2) is 0 Å². The van der Waals surface area contributed by atoms with Crippen LogP contribution >= 0.6 is 0 Å². The Hall–Kier alpha value is -0.120. The molecule has 19 heavy (non-hydrogen) atoms. The number of nitrogens with zero attached hydrogens (tertiary/aromatic N) is 1. The highest BCUT2D eigenvalue weighted by atomic mass is 16.3. The minimum atomic E-state index is 0.346. The van der Waals surface area contributed by atoms with Gasteiger partial charge >= 0.3 is 0 Å². The first kappa shape index (κ1) is 15.3. The molecule has 112 valence electrons. The Labute approximate surface area is 118 Å². The Morgan fingerprint density at radius 1 is 1.21 bits per heavy atom. The molecule has 2 rings (SSSR count). The predicted molar refractivity (Wildman–Crippen MR) is 79.9 cm³/mol. The monoisotopic (exact) mass is 268 g/mol. The smallest absolute Gasteiger partial charge is 0.0471 e. The van der Waals surface area contributed by atoms with Gasteiger partial charge in [-0.3, -0.25) is 4.90 Å². The van der Waals surface area contributed by atoms with E-state index in [1.165, 1.54) is 19.3 Å². The van der Waals surface area contributed by atoms with Crippen LogP contribution in [0.4, 0.5) is 0 Å². The number of hydrogen-bond donors (Lipinski definition) is 2. The van der Waals surface area contributed by atoms with Crippen LogP contribution in [0.25, 0.3) is 0 Å². The van der Waals surface area contributed by atoms with E-state index in [1.807, 2.05) is 0 Å². The number of likely N-dealkylation sites (tertiary alicyclic amines) is 1. The second kappa shape index (κ2) is 6.11.